The molecule has 0 heterocycles. The molecular formula is C11H19ClO3S. The van der Waals surface area contributed by atoms with Crippen LogP contribution in [0.5, 0.6) is 0 Å². The number of carbonyl (C=O) groups is 2. The van der Waals surface area contributed by atoms with Crippen LogP contribution in [-0.4, -0.2) is 29.3 Å². The molecule has 0 N–H and O–H groups in total. The molecule has 0 bridgehead atoms. The molecular weight excluding hydrogens is 248 g/mol. The minimum atomic E-state index is -0.371. The standard InChI is InChI=1S/C11H19ClO3S/c1-8(9(13)15-6-5-12)7-16-10(14)11(2,3)4/h8H,5-7H2,1-4H3/t8-/m0/s1. The Labute approximate surface area is 106 Å². The average molecular weight is 267 g/mol. The van der Waals surface area contributed by atoms with E-state index in [-0.39, 0.29) is 29.0 Å². The minimum absolute atomic E-state index is 0.0875. The van der Waals surface area contributed by atoms with Crippen LogP contribution in [0.4, 0.5) is 0 Å². The third-order valence-electron chi connectivity index (χ3n) is 1.80. The summed E-state index contributed by atoms with van der Waals surface area (Å²) in [5, 5.41) is 0.0875. The van der Waals surface area contributed by atoms with Gasteiger partial charge < -0.3 is 4.74 Å². The number of thioether (sulfide) groups is 1. The highest BCUT2D eigenvalue weighted by Crippen LogP contribution is 2.24. The molecule has 0 aliphatic heterocycles. The lowest BCUT2D eigenvalue weighted by Gasteiger charge is -2.17. The highest BCUT2D eigenvalue weighted by atomic mass is 35.5. The first-order valence-corrected chi connectivity index (χ1v) is 6.71. The highest BCUT2D eigenvalue weighted by molar-refractivity contribution is 8.13. The Morgan fingerprint density at radius 1 is 1.38 bits per heavy atom. The minimum Gasteiger partial charge on any atom is -0.464 e. The molecule has 0 radical (unpaired) electrons. The Hall–Kier alpha value is -0.220. The van der Waals surface area contributed by atoms with Crippen LogP contribution < -0.4 is 0 Å². The summed E-state index contributed by atoms with van der Waals surface area (Å²) >= 11 is 6.58. The van der Waals surface area contributed by atoms with E-state index in [0.717, 1.165) is 0 Å². The van der Waals surface area contributed by atoms with Gasteiger partial charge in [-0.1, -0.05) is 39.5 Å². The molecule has 0 spiro atoms. The lowest BCUT2D eigenvalue weighted by Crippen LogP contribution is -2.22. The monoisotopic (exact) mass is 266 g/mol. The summed E-state index contributed by atoms with van der Waals surface area (Å²) in [5.41, 5.74) is -0.371. The highest BCUT2D eigenvalue weighted by Gasteiger charge is 2.24. The molecule has 1 atom stereocenters. The molecule has 94 valence electrons. The second kappa shape index (κ2) is 7.17. The van der Waals surface area contributed by atoms with Crippen molar-refractivity contribution in [2.24, 2.45) is 11.3 Å². The van der Waals surface area contributed by atoms with Crippen molar-refractivity contribution in [1.82, 2.24) is 0 Å². The predicted molar refractivity (Wildman–Crippen MR) is 67.8 cm³/mol. The van der Waals surface area contributed by atoms with Crippen molar-refractivity contribution in [2.45, 2.75) is 27.7 Å². The fraction of sp³-hybridized carbons (Fsp3) is 0.818. The Morgan fingerprint density at radius 3 is 2.38 bits per heavy atom. The number of hydrogen-bond acceptors (Lipinski definition) is 4. The molecule has 0 aliphatic carbocycles. The van der Waals surface area contributed by atoms with Crippen molar-refractivity contribution >= 4 is 34.4 Å². The summed E-state index contributed by atoms with van der Waals surface area (Å²) in [7, 11) is 0. The quantitative estimate of drug-likeness (QED) is 0.567. The molecule has 0 saturated heterocycles. The number of hydrogen-bond donors (Lipinski definition) is 0. The Morgan fingerprint density at radius 2 is 1.94 bits per heavy atom. The number of carbonyl (C=O) groups excluding carboxylic acids is 2. The van der Waals surface area contributed by atoms with E-state index in [1.807, 2.05) is 20.8 Å². The number of ether oxygens (including phenoxy) is 1. The van der Waals surface area contributed by atoms with Gasteiger partial charge >= 0.3 is 5.97 Å². The zero-order valence-electron chi connectivity index (χ0n) is 10.2. The lowest BCUT2D eigenvalue weighted by molar-refractivity contribution is -0.146. The summed E-state index contributed by atoms with van der Waals surface area (Å²) in [6.45, 7) is 7.55. The summed E-state index contributed by atoms with van der Waals surface area (Å²) in [5.74, 6) is 0.179. The fourth-order valence-electron chi connectivity index (χ4n) is 0.767. The first kappa shape index (κ1) is 15.8. The number of esters is 1. The van der Waals surface area contributed by atoms with Gasteiger partial charge in [-0.3, -0.25) is 9.59 Å². The number of alkyl halides is 1. The van der Waals surface area contributed by atoms with Gasteiger partial charge in [-0.05, 0) is 0 Å². The van der Waals surface area contributed by atoms with E-state index in [4.69, 9.17) is 16.3 Å². The molecule has 0 saturated carbocycles. The van der Waals surface area contributed by atoms with Crippen LogP contribution >= 0.6 is 23.4 Å². The normalized spacial score (nSPS) is 13.3. The van der Waals surface area contributed by atoms with Gasteiger partial charge in [0.25, 0.3) is 0 Å². The smallest absolute Gasteiger partial charge is 0.309 e. The van der Waals surface area contributed by atoms with Gasteiger partial charge in [0.2, 0.25) is 0 Å². The average Bonchev–Trinajstić information content (AvgIpc) is 2.20. The van der Waals surface area contributed by atoms with E-state index >= 15 is 0 Å². The predicted octanol–water partition coefficient (Wildman–Crippen LogP) is 2.71. The molecule has 0 aliphatic rings. The molecule has 0 amide bonds. The first-order valence-electron chi connectivity index (χ1n) is 5.19. The molecule has 16 heavy (non-hydrogen) atoms. The molecule has 3 nitrogen and oxygen atoms in total. The van der Waals surface area contributed by atoms with Crippen molar-refractivity contribution in [2.75, 3.05) is 18.2 Å². The van der Waals surface area contributed by atoms with Crippen molar-refractivity contribution in [1.29, 1.82) is 0 Å². The van der Waals surface area contributed by atoms with Crippen LogP contribution in [0.3, 0.4) is 0 Å². The molecule has 0 unspecified atom stereocenters. The second-order valence-electron chi connectivity index (χ2n) is 4.61. The summed E-state index contributed by atoms with van der Waals surface area (Å²) < 4.78 is 4.88. The second-order valence-corrected chi connectivity index (χ2v) is 5.98. The molecule has 0 aromatic heterocycles. The largest absolute Gasteiger partial charge is 0.464 e. The maximum Gasteiger partial charge on any atom is 0.309 e. The molecule has 5 heteroatoms. The fourth-order valence-corrected chi connectivity index (χ4v) is 1.81. The van der Waals surface area contributed by atoms with Crippen LogP contribution in [0.1, 0.15) is 27.7 Å². The van der Waals surface area contributed by atoms with Crippen molar-refractivity contribution in [3.8, 4) is 0 Å². The van der Waals surface area contributed by atoms with Crippen LogP contribution in [0.15, 0.2) is 0 Å². The van der Waals surface area contributed by atoms with E-state index in [9.17, 15) is 9.59 Å². The summed E-state index contributed by atoms with van der Waals surface area (Å²) in [6, 6.07) is 0. The number of rotatable bonds is 5. The number of halogens is 1. The van der Waals surface area contributed by atoms with Crippen LogP contribution in [-0.2, 0) is 14.3 Å². The van der Waals surface area contributed by atoms with Crippen LogP contribution in [0.2, 0.25) is 0 Å². The van der Waals surface area contributed by atoms with Gasteiger partial charge in [-0.15, -0.1) is 11.6 Å². The topological polar surface area (TPSA) is 43.4 Å². The van der Waals surface area contributed by atoms with Crippen molar-refractivity contribution < 1.29 is 14.3 Å². The van der Waals surface area contributed by atoms with Crippen LogP contribution in [0.25, 0.3) is 0 Å². The van der Waals surface area contributed by atoms with Gasteiger partial charge in [0, 0.05) is 11.2 Å². The van der Waals surface area contributed by atoms with Gasteiger partial charge in [0.1, 0.15) is 6.61 Å². The molecule has 0 fully saturated rings. The van der Waals surface area contributed by atoms with Gasteiger partial charge in [-0.2, -0.15) is 0 Å². The van der Waals surface area contributed by atoms with E-state index in [1.165, 1.54) is 11.8 Å². The Balaban J connectivity index is 3.93. The lowest BCUT2D eigenvalue weighted by atomic mass is 10.00. The molecule has 0 aromatic carbocycles. The van der Waals surface area contributed by atoms with E-state index < -0.39 is 0 Å². The van der Waals surface area contributed by atoms with E-state index in [1.54, 1.807) is 6.92 Å². The van der Waals surface area contributed by atoms with Gasteiger partial charge in [0.05, 0.1) is 11.8 Å². The van der Waals surface area contributed by atoms with Gasteiger partial charge in [-0.25, -0.2) is 0 Å². The SMILES string of the molecule is C[C@@H](CSC(=O)C(C)(C)C)C(=O)OCCCl. The van der Waals surface area contributed by atoms with Crippen LogP contribution in [0, 0.1) is 11.3 Å². The van der Waals surface area contributed by atoms with E-state index in [2.05, 4.69) is 0 Å². The third-order valence-corrected chi connectivity index (χ3v) is 3.50. The first-order chi connectivity index (χ1) is 7.29. The molecule has 0 rings (SSSR count). The Bertz CT molecular complexity index is 248. The maximum absolute atomic E-state index is 11.6. The third kappa shape index (κ3) is 6.38. The van der Waals surface area contributed by atoms with Crippen molar-refractivity contribution in [3.05, 3.63) is 0 Å². The zero-order valence-corrected chi connectivity index (χ0v) is 11.8. The van der Waals surface area contributed by atoms with Crippen molar-refractivity contribution in [3.63, 3.8) is 0 Å². The summed E-state index contributed by atoms with van der Waals surface area (Å²) in [6.07, 6.45) is 0. The maximum atomic E-state index is 11.6. The van der Waals surface area contributed by atoms with Gasteiger partial charge in [0.15, 0.2) is 5.12 Å². The molecule has 0 aromatic rings. The zero-order chi connectivity index (χ0) is 12.8. The summed E-state index contributed by atoms with van der Waals surface area (Å²) in [4.78, 5) is 23.0. The Kier molecular flexibility index (Phi) is 7.07. The van der Waals surface area contributed by atoms with E-state index in [0.29, 0.717) is 11.6 Å².